The van der Waals surface area contributed by atoms with Gasteiger partial charge in [-0.15, -0.1) is 0 Å². The number of nitrogens with zero attached hydrogens (tertiary/aromatic N) is 1. The summed E-state index contributed by atoms with van der Waals surface area (Å²) >= 11 is 0. The minimum atomic E-state index is -1.74. The number of anilines is 1. The maximum absolute atomic E-state index is 13.0. The lowest BCUT2D eigenvalue weighted by Gasteiger charge is -2.39. The van der Waals surface area contributed by atoms with Gasteiger partial charge in [-0.2, -0.15) is 0 Å². The van der Waals surface area contributed by atoms with Crippen molar-refractivity contribution in [1.82, 2.24) is 0 Å². The molecule has 7 N–H and O–H groups in total. The van der Waals surface area contributed by atoms with Gasteiger partial charge in [0.1, 0.15) is 36.2 Å². The number of carbonyl (C=O) groups is 2. The van der Waals surface area contributed by atoms with Crippen molar-refractivity contribution in [3.05, 3.63) is 53.6 Å². The second-order valence-corrected chi connectivity index (χ2v) is 8.46. The number of aromatic hydroxyl groups is 2. The van der Waals surface area contributed by atoms with Crippen LogP contribution in [-0.4, -0.2) is 91.0 Å². The van der Waals surface area contributed by atoms with Crippen molar-refractivity contribution in [2.45, 2.75) is 43.2 Å². The number of phenols is 2. The lowest BCUT2D eigenvalue weighted by molar-refractivity contribution is -0.277. The molecule has 2 aromatic carbocycles. The van der Waals surface area contributed by atoms with Crippen LogP contribution in [0, 0.1) is 0 Å². The van der Waals surface area contributed by atoms with Gasteiger partial charge in [-0.3, -0.25) is 9.69 Å². The molecule has 2 aromatic rings. The maximum Gasteiger partial charge on any atom is 0.327 e. The van der Waals surface area contributed by atoms with Crippen LogP contribution in [-0.2, 0) is 20.7 Å². The third kappa shape index (κ3) is 4.85. The SMILES string of the molecule is O=C(O)C1Cc2cc(O)c(OC3OC(CO)C(O)C(O)C3O)cc2N1C(=O)C=Cc1ccc(O)cc1. The Kier molecular flexibility index (Phi) is 7.15. The van der Waals surface area contributed by atoms with Crippen LogP contribution in [0.1, 0.15) is 11.1 Å². The molecule has 1 amide bonds. The average Bonchev–Trinajstić information content (AvgIpc) is 3.22. The zero-order chi connectivity index (χ0) is 26.1. The summed E-state index contributed by atoms with van der Waals surface area (Å²) in [5, 5.41) is 69.0. The van der Waals surface area contributed by atoms with Crippen LogP contribution in [0.4, 0.5) is 5.69 Å². The van der Waals surface area contributed by atoms with Gasteiger partial charge in [-0.05, 0) is 35.4 Å². The summed E-state index contributed by atoms with van der Waals surface area (Å²) in [5.41, 5.74) is 1.08. The smallest absolute Gasteiger partial charge is 0.327 e. The van der Waals surface area contributed by atoms with Crippen LogP contribution < -0.4 is 9.64 Å². The minimum Gasteiger partial charge on any atom is -0.508 e. The number of amides is 1. The summed E-state index contributed by atoms with van der Waals surface area (Å²) in [7, 11) is 0. The van der Waals surface area contributed by atoms with E-state index in [1.165, 1.54) is 36.4 Å². The van der Waals surface area contributed by atoms with Gasteiger partial charge in [0.05, 0.1) is 12.3 Å². The van der Waals surface area contributed by atoms with Gasteiger partial charge < -0.3 is 45.2 Å². The Balaban J connectivity index is 1.63. The fourth-order valence-corrected chi connectivity index (χ4v) is 4.14. The first-order valence-electron chi connectivity index (χ1n) is 11.0. The van der Waals surface area contributed by atoms with Crippen molar-refractivity contribution in [3.63, 3.8) is 0 Å². The van der Waals surface area contributed by atoms with Crippen molar-refractivity contribution >= 4 is 23.6 Å². The Morgan fingerprint density at radius 3 is 2.39 bits per heavy atom. The number of aliphatic hydroxyl groups is 4. The quantitative estimate of drug-likeness (QED) is 0.247. The Morgan fingerprint density at radius 1 is 1.06 bits per heavy atom. The number of carboxylic acids is 1. The van der Waals surface area contributed by atoms with E-state index < -0.39 is 61.0 Å². The van der Waals surface area contributed by atoms with E-state index in [4.69, 9.17) is 9.47 Å². The number of ether oxygens (including phenoxy) is 2. The fraction of sp³-hybridized carbons (Fsp3) is 0.333. The number of rotatable bonds is 6. The number of hydrogen-bond donors (Lipinski definition) is 7. The lowest BCUT2D eigenvalue weighted by Crippen LogP contribution is -2.60. The first-order chi connectivity index (χ1) is 17.1. The van der Waals surface area contributed by atoms with Crippen molar-refractivity contribution in [3.8, 4) is 17.2 Å². The highest BCUT2D eigenvalue weighted by Crippen LogP contribution is 2.41. The monoisotopic (exact) mass is 503 g/mol. The third-order valence-corrected chi connectivity index (χ3v) is 6.07. The van der Waals surface area contributed by atoms with Gasteiger partial charge in [0.15, 0.2) is 11.5 Å². The molecule has 6 unspecified atom stereocenters. The van der Waals surface area contributed by atoms with E-state index >= 15 is 0 Å². The number of carboxylic acid groups (broad SMARTS) is 1. The summed E-state index contributed by atoms with van der Waals surface area (Å²) in [6, 6.07) is 7.16. The van der Waals surface area contributed by atoms with Crippen molar-refractivity contribution in [1.29, 1.82) is 0 Å². The number of hydrogen-bond acceptors (Lipinski definition) is 10. The highest BCUT2D eigenvalue weighted by Gasteiger charge is 2.45. The van der Waals surface area contributed by atoms with Crippen LogP contribution in [0.25, 0.3) is 6.08 Å². The molecule has 4 rings (SSSR count). The Morgan fingerprint density at radius 2 is 1.75 bits per heavy atom. The molecule has 1 fully saturated rings. The van der Waals surface area contributed by atoms with Crippen molar-refractivity contribution < 1.29 is 54.8 Å². The molecule has 6 atom stereocenters. The molecule has 2 aliphatic heterocycles. The Hall–Kier alpha value is -3.68. The molecule has 36 heavy (non-hydrogen) atoms. The molecule has 0 aromatic heterocycles. The molecule has 0 spiro atoms. The predicted octanol–water partition coefficient (Wildman–Crippen LogP) is -0.668. The first kappa shape index (κ1) is 25.4. The normalized spacial score (nSPS) is 27.7. The van der Waals surface area contributed by atoms with E-state index in [-0.39, 0.29) is 23.6 Å². The van der Waals surface area contributed by atoms with Gasteiger partial charge in [0.25, 0.3) is 5.91 Å². The summed E-state index contributed by atoms with van der Waals surface area (Å²) in [6.07, 6.45) is -5.37. The third-order valence-electron chi connectivity index (χ3n) is 6.07. The Bertz CT molecular complexity index is 1160. The maximum atomic E-state index is 13.0. The number of aliphatic hydroxyl groups excluding tert-OH is 4. The zero-order valence-electron chi connectivity index (χ0n) is 18.7. The van der Waals surface area contributed by atoms with E-state index in [0.717, 1.165) is 4.90 Å². The molecule has 0 saturated carbocycles. The number of carbonyl (C=O) groups excluding carboxylic acids is 1. The van der Waals surface area contributed by atoms with Gasteiger partial charge in [0.2, 0.25) is 6.29 Å². The zero-order valence-corrected chi connectivity index (χ0v) is 18.7. The topological polar surface area (TPSA) is 197 Å². The predicted molar refractivity (Wildman–Crippen MR) is 122 cm³/mol. The Labute approximate surface area is 204 Å². The van der Waals surface area contributed by atoms with Crippen LogP contribution in [0.2, 0.25) is 0 Å². The van der Waals surface area contributed by atoms with Gasteiger partial charge >= 0.3 is 5.97 Å². The number of phenolic OH excluding ortho intramolecular Hbond substituents is 2. The van der Waals surface area contributed by atoms with Crippen molar-refractivity contribution in [2.24, 2.45) is 0 Å². The summed E-state index contributed by atoms with van der Waals surface area (Å²) < 4.78 is 10.8. The first-order valence-corrected chi connectivity index (χ1v) is 11.0. The second kappa shape index (κ2) is 10.1. The molecule has 12 heteroatoms. The summed E-state index contributed by atoms with van der Waals surface area (Å²) in [4.78, 5) is 25.9. The van der Waals surface area contributed by atoms with Crippen LogP contribution in [0.15, 0.2) is 42.5 Å². The van der Waals surface area contributed by atoms with E-state index in [2.05, 4.69) is 0 Å². The molecule has 1 saturated heterocycles. The second-order valence-electron chi connectivity index (χ2n) is 8.46. The molecule has 0 radical (unpaired) electrons. The largest absolute Gasteiger partial charge is 0.508 e. The van der Waals surface area contributed by atoms with E-state index in [9.17, 15) is 45.3 Å². The summed E-state index contributed by atoms with van der Waals surface area (Å²) in [6.45, 7) is -0.684. The molecule has 0 aliphatic carbocycles. The number of benzene rings is 2. The van der Waals surface area contributed by atoms with E-state index in [1.807, 2.05) is 0 Å². The van der Waals surface area contributed by atoms with Gasteiger partial charge in [-0.25, -0.2) is 4.79 Å². The standard InChI is InChI=1S/C24H25NO11/c26-10-18-20(30)21(31)22(32)24(36-18)35-17-9-14-12(8-16(17)28)7-15(23(33)34)25(14)19(29)6-3-11-1-4-13(27)5-2-11/h1-6,8-9,15,18,20-22,24,26-28,30-32H,7,10H2,(H,33,34). The molecule has 192 valence electrons. The highest BCUT2D eigenvalue weighted by molar-refractivity contribution is 6.09. The highest BCUT2D eigenvalue weighted by atomic mass is 16.7. The summed E-state index contributed by atoms with van der Waals surface area (Å²) in [5.74, 6) is -2.62. The number of fused-ring (bicyclic) bond motifs is 1. The van der Waals surface area contributed by atoms with Crippen molar-refractivity contribution in [2.75, 3.05) is 11.5 Å². The van der Waals surface area contributed by atoms with Gasteiger partial charge in [-0.1, -0.05) is 12.1 Å². The molecular formula is C24H25NO11. The average molecular weight is 503 g/mol. The van der Waals surface area contributed by atoms with Crippen LogP contribution in [0.5, 0.6) is 17.2 Å². The molecular weight excluding hydrogens is 478 g/mol. The van der Waals surface area contributed by atoms with E-state index in [0.29, 0.717) is 11.1 Å². The molecule has 2 heterocycles. The van der Waals surface area contributed by atoms with E-state index in [1.54, 1.807) is 12.1 Å². The lowest BCUT2D eigenvalue weighted by atomic mass is 9.99. The molecule has 2 aliphatic rings. The molecule has 0 bridgehead atoms. The minimum absolute atomic E-state index is 0.0460. The molecule has 12 nitrogen and oxygen atoms in total. The number of aliphatic carboxylic acids is 1. The van der Waals surface area contributed by atoms with Crippen LogP contribution in [0.3, 0.4) is 0 Å². The fourth-order valence-electron chi connectivity index (χ4n) is 4.14. The van der Waals surface area contributed by atoms with Gasteiger partial charge in [0, 0.05) is 18.6 Å². The van der Waals surface area contributed by atoms with Crippen LogP contribution >= 0.6 is 0 Å².